The number of unbranched alkanes of at least 4 members (excludes halogenated alkanes) is 1. The maximum Gasteiger partial charge on any atom is 0.130 e. The third-order valence-corrected chi connectivity index (χ3v) is 2.45. The van der Waals surface area contributed by atoms with Crippen LogP contribution < -0.4 is 9.47 Å². The minimum atomic E-state index is 0.828. The fourth-order valence-electron chi connectivity index (χ4n) is 1.56. The van der Waals surface area contributed by atoms with Gasteiger partial charge in [-0.2, -0.15) is 0 Å². The summed E-state index contributed by atoms with van der Waals surface area (Å²) < 4.78 is 11.1. The summed E-state index contributed by atoms with van der Waals surface area (Å²) in [6.07, 6.45) is 6.48. The summed E-state index contributed by atoms with van der Waals surface area (Å²) in [6, 6.07) is 7.73. The van der Waals surface area contributed by atoms with E-state index in [1.807, 2.05) is 24.3 Å². The molecule has 0 aliphatic rings. The van der Waals surface area contributed by atoms with Crippen LogP contribution in [-0.2, 0) is 0 Å². The quantitative estimate of drug-likeness (QED) is 0.644. The van der Waals surface area contributed by atoms with Gasteiger partial charge in [-0.1, -0.05) is 26.3 Å². The highest BCUT2D eigenvalue weighted by Crippen LogP contribution is 2.22. The van der Waals surface area contributed by atoms with E-state index in [9.17, 15) is 0 Å². The van der Waals surface area contributed by atoms with Crippen molar-refractivity contribution in [2.75, 3.05) is 7.11 Å². The molecule has 0 saturated carbocycles. The number of allylic oxidation sites excluding steroid dienone is 2. The molecule has 17 heavy (non-hydrogen) atoms. The summed E-state index contributed by atoms with van der Waals surface area (Å²) in [5, 5.41) is 0. The molecule has 0 aliphatic heterocycles. The Morgan fingerprint density at radius 3 is 2.59 bits per heavy atom. The minimum absolute atomic E-state index is 0.828. The van der Waals surface area contributed by atoms with Gasteiger partial charge in [0.15, 0.2) is 0 Å². The van der Waals surface area contributed by atoms with Crippen LogP contribution in [0.25, 0.3) is 0 Å². The van der Waals surface area contributed by atoms with E-state index < -0.39 is 0 Å². The summed E-state index contributed by atoms with van der Waals surface area (Å²) in [6.45, 7) is 4.33. The predicted molar refractivity (Wildman–Crippen MR) is 71.5 cm³/mol. The van der Waals surface area contributed by atoms with Crippen LogP contribution in [0.5, 0.6) is 11.5 Å². The van der Waals surface area contributed by atoms with Crippen molar-refractivity contribution in [2.24, 2.45) is 0 Å². The van der Waals surface area contributed by atoms with E-state index in [0.29, 0.717) is 0 Å². The Balaban J connectivity index is 2.70. The summed E-state index contributed by atoms with van der Waals surface area (Å²) >= 11 is 0. The molecule has 1 aromatic carbocycles. The fraction of sp³-hybridized carbons (Fsp3) is 0.467. The summed E-state index contributed by atoms with van der Waals surface area (Å²) in [7, 11) is 1.67. The van der Waals surface area contributed by atoms with Gasteiger partial charge < -0.3 is 9.47 Å². The van der Waals surface area contributed by atoms with E-state index in [1.54, 1.807) is 7.11 Å². The number of hydrogen-bond donors (Lipinski definition) is 0. The second-order valence-electron chi connectivity index (χ2n) is 3.99. The van der Waals surface area contributed by atoms with Crippen LogP contribution in [0.15, 0.2) is 36.1 Å². The van der Waals surface area contributed by atoms with Crippen LogP contribution in [0.4, 0.5) is 0 Å². The molecule has 0 saturated heterocycles. The van der Waals surface area contributed by atoms with Crippen LogP contribution in [-0.4, -0.2) is 7.11 Å². The van der Waals surface area contributed by atoms with Crippen LogP contribution in [0.2, 0.25) is 0 Å². The number of hydrogen-bond acceptors (Lipinski definition) is 2. The molecule has 1 rings (SSSR count). The molecular weight excluding hydrogens is 212 g/mol. The van der Waals surface area contributed by atoms with Crippen molar-refractivity contribution in [1.82, 2.24) is 0 Å². The largest absolute Gasteiger partial charge is 0.497 e. The smallest absolute Gasteiger partial charge is 0.130 e. The molecule has 2 heteroatoms. The standard InChI is InChI=1S/C15H22O2/c1-4-6-9-13(8-5-2)17-15-11-7-10-14(12-15)16-3/h7,9-12H,4-6,8H2,1-3H3/b13-9-. The van der Waals surface area contributed by atoms with Gasteiger partial charge in [-0.3, -0.25) is 0 Å². The van der Waals surface area contributed by atoms with Gasteiger partial charge in [0, 0.05) is 12.5 Å². The van der Waals surface area contributed by atoms with Gasteiger partial charge in [0.25, 0.3) is 0 Å². The molecule has 0 radical (unpaired) electrons. The predicted octanol–water partition coefficient (Wildman–Crippen LogP) is 4.56. The summed E-state index contributed by atoms with van der Waals surface area (Å²) in [4.78, 5) is 0. The highest BCUT2D eigenvalue weighted by molar-refractivity contribution is 5.33. The first-order valence-corrected chi connectivity index (χ1v) is 6.31. The zero-order valence-electron chi connectivity index (χ0n) is 11.0. The molecule has 0 amide bonds. The van der Waals surface area contributed by atoms with Gasteiger partial charge >= 0.3 is 0 Å². The molecule has 0 aromatic heterocycles. The van der Waals surface area contributed by atoms with Crippen molar-refractivity contribution < 1.29 is 9.47 Å². The van der Waals surface area contributed by atoms with Crippen molar-refractivity contribution >= 4 is 0 Å². The lowest BCUT2D eigenvalue weighted by Crippen LogP contribution is -1.96. The normalized spacial score (nSPS) is 11.4. The molecule has 0 spiro atoms. The number of methoxy groups -OCH3 is 1. The Morgan fingerprint density at radius 1 is 1.18 bits per heavy atom. The van der Waals surface area contributed by atoms with E-state index >= 15 is 0 Å². The second-order valence-corrected chi connectivity index (χ2v) is 3.99. The molecule has 0 atom stereocenters. The highest BCUT2D eigenvalue weighted by Gasteiger charge is 2.01. The molecular formula is C15H22O2. The van der Waals surface area contributed by atoms with E-state index in [2.05, 4.69) is 19.9 Å². The second kappa shape index (κ2) is 7.77. The Bertz CT molecular complexity index is 356. The first-order valence-electron chi connectivity index (χ1n) is 6.31. The number of rotatable bonds is 7. The van der Waals surface area contributed by atoms with Crippen molar-refractivity contribution in [1.29, 1.82) is 0 Å². The average molecular weight is 234 g/mol. The van der Waals surface area contributed by atoms with Crippen LogP contribution in [0.3, 0.4) is 0 Å². The number of benzene rings is 1. The lowest BCUT2D eigenvalue weighted by atomic mass is 10.2. The number of ether oxygens (including phenoxy) is 2. The van der Waals surface area contributed by atoms with Crippen LogP contribution in [0.1, 0.15) is 39.5 Å². The van der Waals surface area contributed by atoms with Gasteiger partial charge in [-0.05, 0) is 31.1 Å². The van der Waals surface area contributed by atoms with Crippen molar-refractivity contribution in [3.05, 3.63) is 36.1 Å². The topological polar surface area (TPSA) is 18.5 Å². The fourth-order valence-corrected chi connectivity index (χ4v) is 1.56. The zero-order chi connectivity index (χ0) is 12.5. The van der Waals surface area contributed by atoms with Gasteiger partial charge in [0.05, 0.1) is 7.11 Å². The molecule has 1 aromatic rings. The maximum absolute atomic E-state index is 5.88. The molecule has 0 aliphatic carbocycles. The van der Waals surface area contributed by atoms with Gasteiger partial charge in [0.2, 0.25) is 0 Å². The zero-order valence-corrected chi connectivity index (χ0v) is 11.0. The average Bonchev–Trinajstić information content (AvgIpc) is 2.36. The minimum Gasteiger partial charge on any atom is -0.497 e. The Morgan fingerprint density at radius 2 is 1.94 bits per heavy atom. The summed E-state index contributed by atoms with van der Waals surface area (Å²) in [5.74, 6) is 2.73. The van der Waals surface area contributed by atoms with Crippen molar-refractivity contribution in [3.63, 3.8) is 0 Å². The molecule has 94 valence electrons. The van der Waals surface area contributed by atoms with Crippen molar-refractivity contribution in [3.8, 4) is 11.5 Å². The first-order chi connectivity index (χ1) is 8.30. The van der Waals surface area contributed by atoms with E-state index in [-0.39, 0.29) is 0 Å². The van der Waals surface area contributed by atoms with Crippen LogP contribution in [0, 0.1) is 0 Å². The third-order valence-electron chi connectivity index (χ3n) is 2.45. The third kappa shape index (κ3) is 4.94. The maximum atomic E-state index is 5.88. The Kier molecular flexibility index (Phi) is 6.23. The van der Waals surface area contributed by atoms with E-state index in [1.165, 1.54) is 0 Å². The molecule has 0 heterocycles. The van der Waals surface area contributed by atoms with Gasteiger partial charge in [0.1, 0.15) is 17.3 Å². The first kappa shape index (κ1) is 13.6. The summed E-state index contributed by atoms with van der Waals surface area (Å²) in [5.41, 5.74) is 0. The highest BCUT2D eigenvalue weighted by atomic mass is 16.5. The van der Waals surface area contributed by atoms with Crippen LogP contribution >= 0.6 is 0 Å². The Labute approximate surface area is 104 Å². The monoisotopic (exact) mass is 234 g/mol. The molecule has 0 N–H and O–H groups in total. The molecule has 0 unspecified atom stereocenters. The molecule has 0 fully saturated rings. The van der Waals surface area contributed by atoms with E-state index in [4.69, 9.17) is 9.47 Å². The molecule has 2 nitrogen and oxygen atoms in total. The van der Waals surface area contributed by atoms with Crippen molar-refractivity contribution in [2.45, 2.75) is 39.5 Å². The SMILES string of the molecule is CCC/C=C(/CCC)Oc1cccc(OC)c1. The van der Waals surface area contributed by atoms with E-state index in [0.717, 1.165) is 42.9 Å². The molecule has 0 bridgehead atoms. The lowest BCUT2D eigenvalue weighted by molar-refractivity contribution is 0.386. The van der Waals surface area contributed by atoms with Gasteiger partial charge in [-0.15, -0.1) is 0 Å². The van der Waals surface area contributed by atoms with Gasteiger partial charge in [-0.25, -0.2) is 0 Å². The Hall–Kier alpha value is -1.44. The lowest BCUT2D eigenvalue weighted by Gasteiger charge is -2.10.